The van der Waals surface area contributed by atoms with Crippen molar-refractivity contribution in [3.8, 4) is 11.6 Å². The Balaban J connectivity index is 1.44. The van der Waals surface area contributed by atoms with Crippen LogP contribution in [0.3, 0.4) is 0 Å². The van der Waals surface area contributed by atoms with Gasteiger partial charge in [0.1, 0.15) is 35.2 Å². The van der Waals surface area contributed by atoms with Gasteiger partial charge in [-0.3, -0.25) is 19.1 Å². The smallest absolute Gasteiger partial charge is 0.405 e. The molecule has 1 aromatic carbocycles. The van der Waals surface area contributed by atoms with Crippen LogP contribution in [0.25, 0.3) is 11.0 Å². The van der Waals surface area contributed by atoms with Crippen LogP contribution in [0.5, 0.6) is 11.6 Å². The number of aryl methyl sites for hydroxylation is 1. The third kappa shape index (κ3) is 6.96. The number of carbonyl (C=O) groups is 4. The van der Waals surface area contributed by atoms with E-state index >= 15 is 0 Å². The average Bonchev–Trinajstić information content (AvgIpc) is 3.92. The monoisotopic (exact) mass is 672 g/mol. The largest absolute Gasteiger partial charge is 0.497 e. The van der Waals surface area contributed by atoms with E-state index in [1.54, 1.807) is 45.9 Å². The van der Waals surface area contributed by atoms with Gasteiger partial charge in [-0.15, -0.1) is 6.58 Å². The topological polar surface area (TPSA) is 206 Å². The molecule has 0 spiro atoms. The summed E-state index contributed by atoms with van der Waals surface area (Å²) in [5.41, 5.74) is -0.874. The molecule has 47 heavy (non-hydrogen) atoms. The van der Waals surface area contributed by atoms with Crippen LogP contribution in [0.4, 0.5) is 4.79 Å². The molecule has 0 bridgehead atoms. The molecule has 1 saturated heterocycles. The molecule has 1 aliphatic heterocycles. The zero-order valence-electron chi connectivity index (χ0n) is 26.9. The van der Waals surface area contributed by atoms with Crippen LogP contribution in [-0.2, 0) is 24.4 Å². The predicted octanol–water partition coefficient (Wildman–Crippen LogP) is 1.65. The number of hydrogen-bond acceptors (Lipinski definition) is 10. The van der Waals surface area contributed by atoms with Crippen molar-refractivity contribution in [3.63, 3.8) is 0 Å². The van der Waals surface area contributed by atoms with E-state index in [4.69, 9.17) is 9.47 Å². The minimum absolute atomic E-state index is 0.0321. The maximum absolute atomic E-state index is 14.0. The Kier molecular flexibility index (Phi) is 8.85. The van der Waals surface area contributed by atoms with Crippen molar-refractivity contribution in [2.24, 2.45) is 11.3 Å². The summed E-state index contributed by atoms with van der Waals surface area (Å²) < 4.78 is 38.8. The molecule has 2 aliphatic carbocycles. The number of fused-ring (bicyclic) bond motifs is 1. The van der Waals surface area contributed by atoms with E-state index in [2.05, 4.69) is 31.9 Å². The molecule has 254 valence electrons. The van der Waals surface area contributed by atoms with Crippen molar-refractivity contribution in [1.82, 2.24) is 30.2 Å². The Morgan fingerprint density at radius 1 is 1.17 bits per heavy atom. The molecule has 3 aliphatic rings. The standard InChI is InChI=1S/C31H40N6O9S/c1-7-17-14-31(17,28(40)36-47(43,44)20-9-10-20)35-25(38)23-13-19(15-37(23)27(39)24(30(3,4)5)34-29(41)42)46-26-16(2)32-21-11-8-18(45-6)12-22(21)33-26/h7-8,11-12,17,19-20,23-24,34H,1,9-10,13-15H2,2-6H3,(H,35,38)(H,36,40)(H,41,42)/t17-,19-,23+,24-,31-/m1/s1. The van der Waals surface area contributed by atoms with Crippen LogP contribution in [0.1, 0.15) is 52.1 Å². The summed E-state index contributed by atoms with van der Waals surface area (Å²) in [6, 6.07) is 2.78. The molecule has 2 heterocycles. The zero-order valence-corrected chi connectivity index (χ0v) is 27.7. The average molecular weight is 673 g/mol. The number of methoxy groups -OCH3 is 1. The molecule has 5 atom stereocenters. The van der Waals surface area contributed by atoms with E-state index < -0.39 is 74.1 Å². The molecular formula is C31H40N6O9S. The normalized spacial score (nSPS) is 24.6. The summed E-state index contributed by atoms with van der Waals surface area (Å²) in [6.07, 6.45) is 0.261. The summed E-state index contributed by atoms with van der Waals surface area (Å²) in [7, 11) is -2.38. The van der Waals surface area contributed by atoms with Crippen LogP contribution < -0.4 is 24.8 Å². The molecule has 4 amide bonds. The number of ether oxygens (including phenoxy) is 2. The molecule has 16 heteroatoms. The lowest BCUT2D eigenvalue weighted by molar-refractivity contribution is -0.142. The third-order valence-electron chi connectivity index (χ3n) is 8.76. The molecule has 2 saturated carbocycles. The van der Waals surface area contributed by atoms with E-state index in [1.165, 1.54) is 18.1 Å². The maximum atomic E-state index is 14.0. The van der Waals surface area contributed by atoms with E-state index in [-0.39, 0.29) is 25.3 Å². The SMILES string of the molecule is C=C[C@@H]1C[C@]1(NC(=O)[C@@H]1C[C@@H](Oc2nc3cc(OC)ccc3nc2C)CN1C(=O)[C@@H](NC(=O)O)C(C)(C)C)C(=O)NS(=O)(=O)C1CC1. The van der Waals surface area contributed by atoms with E-state index in [0.717, 1.165) is 0 Å². The zero-order chi connectivity index (χ0) is 34.5. The molecule has 5 rings (SSSR count). The van der Waals surface area contributed by atoms with E-state index in [1.807, 2.05) is 0 Å². The minimum Gasteiger partial charge on any atom is -0.497 e. The molecule has 3 fully saturated rings. The Morgan fingerprint density at radius 3 is 2.45 bits per heavy atom. The molecule has 0 unspecified atom stereocenters. The fraction of sp³-hybridized carbons (Fsp3) is 0.548. The minimum atomic E-state index is -3.90. The van der Waals surface area contributed by atoms with Crippen LogP contribution in [0.2, 0.25) is 0 Å². The Morgan fingerprint density at radius 2 is 1.87 bits per heavy atom. The molecule has 15 nitrogen and oxygen atoms in total. The van der Waals surface area contributed by atoms with Gasteiger partial charge in [-0.05, 0) is 43.7 Å². The van der Waals surface area contributed by atoms with Crippen molar-refractivity contribution >= 4 is 44.9 Å². The van der Waals surface area contributed by atoms with Gasteiger partial charge >= 0.3 is 6.09 Å². The highest BCUT2D eigenvalue weighted by Crippen LogP contribution is 2.45. The number of amides is 4. The van der Waals surface area contributed by atoms with Crippen molar-refractivity contribution in [2.75, 3.05) is 13.7 Å². The first-order chi connectivity index (χ1) is 22.0. The van der Waals surface area contributed by atoms with Crippen molar-refractivity contribution in [2.45, 2.75) is 82.4 Å². The highest BCUT2D eigenvalue weighted by molar-refractivity contribution is 7.91. The summed E-state index contributed by atoms with van der Waals surface area (Å²) in [6.45, 7) is 10.4. The summed E-state index contributed by atoms with van der Waals surface area (Å²) >= 11 is 0. The number of nitrogens with one attached hydrogen (secondary N) is 3. The highest BCUT2D eigenvalue weighted by Gasteiger charge is 2.62. The molecule has 0 radical (unpaired) electrons. The summed E-state index contributed by atoms with van der Waals surface area (Å²) in [4.78, 5) is 63.4. The van der Waals surface area contributed by atoms with Gasteiger partial charge in [0.05, 0.1) is 29.9 Å². The van der Waals surface area contributed by atoms with E-state index in [9.17, 15) is 32.7 Å². The van der Waals surface area contributed by atoms with Gasteiger partial charge in [-0.25, -0.2) is 23.2 Å². The molecular weight excluding hydrogens is 632 g/mol. The third-order valence-corrected chi connectivity index (χ3v) is 10.6. The van der Waals surface area contributed by atoms with E-state index in [0.29, 0.717) is 35.3 Å². The van der Waals surface area contributed by atoms with Gasteiger partial charge in [0.25, 0.3) is 5.91 Å². The van der Waals surface area contributed by atoms with Gasteiger partial charge in [-0.2, -0.15) is 0 Å². The number of carbonyl (C=O) groups excluding carboxylic acids is 3. The molecule has 1 aromatic heterocycles. The van der Waals surface area contributed by atoms with Gasteiger partial charge in [0.2, 0.25) is 27.7 Å². The first-order valence-corrected chi connectivity index (χ1v) is 16.8. The Labute approximate surface area is 272 Å². The van der Waals surface area contributed by atoms with Gasteiger partial charge in [-0.1, -0.05) is 26.8 Å². The second-order valence-electron chi connectivity index (χ2n) is 13.4. The maximum Gasteiger partial charge on any atom is 0.405 e. The highest BCUT2D eigenvalue weighted by atomic mass is 32.2. The number of benzene rings is 1. The first kappa shape index (κ1) is 33.9. The van der Waals surface area contributed by atoms with Crippen LogP contribution in [0.15, 0.2) is 30.9 Å². The summed E-state index contributed by atoms with van der Waals surface area (Å²) in [5.74, 6) is -2.05. The second kappa shape index (κ2) is 12.3. The number of likely N-dealkylation sites (tertiary alicyclic amines) is 1. The number of rotatable bonds is 11. The van der Waals surface area contributed by atoms with Crippen molar-refractivity contribution < 1.29 is 42.2 Å². The van der Waals surface area contributed by atoms with Gasteiger partial charge in [0, 0.05) is 18.4 Å². The first-order valence-electron chi connectivity index (χ1n) is 15.3. The predicted molar refractivity (Wildman–Crippen MR) is 169 cm³/mol. The lowest BCUT2D eigenvalue weighted by atomic mass is 9.85. The molecule has 4 N–H and O–H groups in total. The number of hydrogen-bond donors (Lipinski definition) is 4. The number of sulfonamides is 1. The quantitative estimate of drug-likeness (QED) is 0.253. The van der Waals surface area contributed by atoms with Crippen LogP contribution >= 0.6 is 0 Å². The lowest BCUT2D eigenvalue weighted by Crippen LogP contribution is -2.60. The number of aromatic nitrogens is 2. The fourth-order valence-electron chi connectivity index (χ4n) is 5.83. The number of nitrogens with zero attached hydrogens (tertiary/aromatic N) is 3. The summed E-state index contributed by atoms with van der Waals surface area (Å²) in [5, 5.41) is 13.8. The Bertz CT molecular complexity index is 1740. The lowest BCUT2D eigenvalue weighted by Gasteiger charge is -2.35. The van der Waals surface area contributed by atoms with Crippen LogP contribution in [0, 0.1) is 18.3 Å². The fourth-order valence-corrected chi connectivity index (χ4v) is 7.20. The molecule has 2 aromatic rings. The Hall–Kier alpha value is -4.47. The van der Waals surface area contributed by atoms with Crippen molar-refractivity contribution in [3.05, 3.63) is 36.5 Å². The number of carboxylic acid groups (broad SMARTS) is 1. The van der Waals surface area contributed by atoms with Gasteiger partial charge in [0.15, 0.2) is 0 Å². The van der Waals surface area contributed by atoms with Crippen molar-refractivity contribution in [1.29, 1.82) is 0 Å². The second-order valence-corrected chi connectivity index (χ2v) is 15.3. The van der Waals surface area contributed by atoms with Gasteiger partial charge < -0.3 is 30.1 Å². The van der Waals surface area contributed by atoms with Crippen LogP contribution in [-0.4, -0.2) is 94.8 Å².